The third-order valence-electron chi connectivity index (χ3n) is 3.96. The van der Waals surface area contributed by atoms with Crippen LogP contribution in [0.2, 0.25) is 0 Å². The summed E-state index contributed by atoms with van der Waals surface area (Å²) >= 11 is 0. The molecule has 2 atom stereocenters. The summed E-state index contributed by atoms with van der Waals surface area (Å²) in [4.78, 5) is 18.2. The molecular formula is C15H23N3O. The van der Waals surface area contributed by atoms with Crippen molar-refractivity contribution < 1.29 is 4.79 Å². The zero-order valence-corrected chi connectivity index (χ0v) is 11.6. The van der Waals surface area contributed by atoms with E-state index in [0.717, 1.165) is 18.5 Å². The van der Waals surface area contributed by atoms with Crippen molar-refractivity contribution >= 4 is 5.91 Å². The number of nitrogens with zero attached hydrogens (tertiary/aromatic N) is 2. The number of pyridine rings is 1. The Morgan fingerprint density at radius 2 is 2.21 bits per heavy atom. The van der Waals surface area contributed by atoms with Gasteiger partial charge in [0.25, 0.3) is 0 Å². The summed E-state index contributed by atoms with van der Waals surface area (Å²) in [5.74, 6) is 0.528. The van der Waals surface area contributed by atoms with Crippen molar-refractivity contribution in [3.8, 4) is 0 Å². The van der Waals surface area contributed by atoms with Gasteiger partial charge in [-0.3, -0.25) is 9.78 Å². The fraction of sp³-hybridized carbons (Fsp3) is 0.600. The summed E-state index contributed by atoms with van der Waals surface area (Å²) in [7, 11) is 1.84. The van der Waals surface area contributed by atoms with Crippen LogP contribution in [-0.2, 0) is 11.3 Å². The van der Waals surface area contributed by atoms with Gasteiger partial charge in [-0.15, -0.1) is 0 Å². The topological polar surface area (TPSA) is 59.2 Å². The molecule has 0 radical (unpaired) electrons. The highest BCUT2D eigenvalue weighted by Crippen LogP contribution is 2.26. The third kappa shape index (κ3) is 4.03. The first-order valence-corrected chi connectivity index (χ1v) is 7.06. The van der Waals surface area contributed by atoms with Crippen molar-refractivity contribution in [3.63, 3.8) is 0 Å². The van der Waals surface area contributed by atoms with E-state index in [2.05, 4.69) is 4.98 Å². The first-order chi connectivity index (χ1) is 9.16. The van der Waals surface area contributed by atoms with Crippen LogP contribution in [0.15, 0.2) is 24.4 Å². The average Bonchev–Trinajstić information content (AvgIpc) is 2.42. The van der Waals surface area contributed by atoms with E-state index < -0.39 is 0 Å². The molecule has 1 aromatic heterocycles. The van der Waals surface area contributed by atoms with Gasteiger partial charge in [0.15, 0.2) is 0 Å². The van der Waals surface area contributed by atoms with Crippen molar-refractivity contribution in [3.05, 3.63) is 30.1 Å². The molecule has 4 heteroatoms. The van der Waals surface area contributed by atoms with Crippen LogP contribution in [0.5, 0.6) is 0 Å². The Hall–Kier alpha value is -1.42. The molecule has 1 aliphatic carbocycles. The zero-order chi connectivity index (χ0) is 13.7. The van der Waals surface area contributed by atoms with Crippen LogP contribution in [-0.4, -0.2) is 28.9 Å². The summed E-state index contributed by atoms with van der Waals surface area (Å²) in [6, 6.07) is 5.96. The van der Waals surface area contributed by atoms with E-state index in [1.807, 2.05) is 25.2 Å². The summed E-state index contributed by atoms with van der Waals surface area (Å²) in [5, 5.41) is 0. The second kappa shape index (κ2) is 6.66. The van der Waals surface area contributed by atoms with Crippen LogP contribution < -0.4 is 5.73 Å². The van der Waals surface area contributed by atoms with Crippen molar-refractivity contribution in [1.82, 2.24) is 9.88 Å². The van der Waals surface area contributed by atoms with E-state index in [-0.39, 0.29) is 11.9 Å². The van der Waals surface area contributed by atoms with E-state index in [0.29, 0.717) is 18.9 Å². The molecule has 1 saturated carbocycles. The van der Waals surface area contributed by atoms with E-state index in [9.17, 15) is 4.79 Å². The highest BCUT2D eigenvalue weighted by Gasteiger charge is 2.25. The Labute approximate surface area is 115 Å². The lowest BCUT2D eigenvalue weighted by Crippen LogP contribution is -2.37. The normalized spacial score (nSPS) is 23.1. The van der Waals surface area contributed by atoms with Crippen LogP contribution in [0.3, 0.4) is 0 Å². The molecule has 1 aliphatic rings. The molecule has 19 heavy (non-hydrogen) atoms. The van der Waals surface area contributed by atoms with Gasteiger partial charge in [-0.1, -0.05) is 18.9 Å². The smallest absolute Gasteiger partial charge is 0.222 e. The predicted octanol–water partition coefficient (Wildman–Crippen LogP) is 1.95. The maximum atomic E-state index is 12.2. The molecule has 2 N–H and O–H groups in total. The van der Waals surface area contributed by atoms with E-state index >= 15 is 0 Å². The summed E-state index contributed by atoms with van der Waals surface area (Å²) < 4.78 is 0. The quantitative estimate of drug-likeness (QED) is 0.901. The molecule has 0 aromatic carbocycles. The van der Waals surface area contributed by atoms with Crippen LogP contribution in [0.25, 0.3) is 0 Å². The fourth-order valence-electron chi connectivity index (χ4n) is 2.69. The second-order valence-corrected chi connectivity index (χ2v) is 5.48. The molecule has 1 amide bonds. The number of aromatic nitrogens is 1. The van der Waals surface area contributed by atoms with Gasteiger partial charge in [0.05, 0.1) is 12.2 Å². The van der Waals surface area contributed by atoms with E-state index in [1.165, 1.54) is 12.8 Å². The Morgan fingerprint density at radius 3 is 2.89 bits per heavy atom. The van der Waals surface area contributed by atoms with Crippen LogP contribution in [0, 0.1) is 5.92 Å². The maximum Gasteiger partial charge on any atom is 0.222 e. The van der Waals surface area contributed by atoms with Crippen molar-refractivity contribution in [1.29, 1.82) is 0 Å². The average molecular weight is 261 g/mol. The van der Waals surface area contributed by atoms with Crippen LogP contribution in [0.4, 0.5) is 0 Å². The number of amides is 1. The highest BCUT2D eigenvalue weighted by atomic mass is 16.2. The lowest BCUT2D eigenvalue weighted by atomic mass is 9.83. The molecule has 0 bridgehead atoms. The lowest BCUT2D eigenvalue weighted by Gasteiger charge is -2.29. The molecule has 2 unspecified atom stereocenters. The molecule has 1 aromatic rings. The van der Waals surface area contributed by atoms with Crippen molar-refractivity contribution in [2.24, 2.45) is 11.7 Å². The number of rotatable bonds is 4. The molecule has 2 rings (SSSR count). The fourth-order valence-corrected chi connectivity index (χ4v) is 2.69. The minimum Gasteiger partial charge on any atom is -0.340 e. The summed E-state index contributed by atoms with van der Waals surface area (Å²) in [6.45, 7) is 0.571. The van der Waals surface area contributed by atoms with Gasteiger partial charge in [-0.05, 0) is 30.9 Å². The molecule has 1 fully saturated rings. The maximum absolute atomic E-state index is 12.2. The molecule has 0 saturated heterocycles. The first-order valence-electron chi connectivity index (χ1n) is 7.06. The molecule has 0 aliphatic heterocycles. The van der Waals surface area contributed by atoms with Gasteiger partial charge in [-0.25, -0.2) is 0 Å². The highest BCUT2D eigenvalue weighted by molar-refractivity contribution is 5.76. The first kappa shape index (κ1) is 14.0. The number of hydrogen-bond acceptors (Lipinski definition) is 3. The third-order valence-corrected chi connectivity index (χ3v) is 3.96. The van der Waals surface area contributed by atoms with Gasteiger partial charge < -0.3 is 10.6 Å². The van der Waals surface area contributed by atoms with Crippen LogP contribution in [0.1, 0.15) is 37.8 Å². The zero-order valence-electron chi connectivity index (χ0n) is 11.6. The van der Waals surface area contributed by atoms with Gasteiger partial charge >= 0.3 is 0 Å². The molecule has 1 heterocycles. The molecular weight excluding hydrogens is 238 g/mol. The van der Waals surface area contributed by atoms with Crippen molar-refractivity contribution in [2.45, 2.75) is 44.7 Å². The Bertz CT molecular complexity index is 407. The summed E-state index contributed by atoms with van der Waals surface area (Å²) in [5.41, 5.74) is 7.02. The number of hydrogen-bond donors (Lipinski definition) is 1. The largest absolute Gasteiger partial charge is 0.340 e. The van der Waals surface area contributed by atoms with Gasteiger partial charge in [0.1, 0.15) is 0 Å². The van der Waals surface area contributed by atoms with Crippen molar-refractivity contribution in [2.75, 3.05) is 7.05 Å². The minimum atomic E-state index is 0.174. The second-order valence-electron chi connectivity index (χ2n) is 5.48. The van der Waals surface area contributed by atoms with Gasteiger partial charge in [0.2, 0.25) is 5.91 Å². The summed E-state index contributed by atoms with van der Waals surface area (Å²) in [6.07, 6.45) is 6.88. The van der Waals surface area contributed by atoms with E-state index in [4.69, 9.17) is 5.73 Å². The molecule has 0 spiro atoms. The minimum absolute atomic E-state index is 0.174. The molecule has 104 valence electrons. The Kier molecular flexibility index (Phi) is 4.91. The number of carbonyl (C=O) groups is 1. The predicted molar refractivity (Wildman–Crippen MR) is 75.3 cm³/mol. The van der Waals surface area contributed by atoms with E-state index in [1.54, 1.807) is 11.1 Å². The number of carbonyl (C=O) groups excluding carboxylic acids is 1. The lowest BCUT2D eigenvalue weighted by molar-refractivity contribution is -0.131. The van der Waals surface area contributed by atoms with Gasteiger partial charge in [-0.2, -0.15) is 0 Å². The molecule has 4 nitrogen and oxygen atoms in total. The van der Waals surface area contributed by atoms with Gasteiger partial charge in [0, 0.05) is 25.7 Å². The number of nitrogens with two attached hydrogens (primary N) is 1. The Balaban J connectivity index is 1.85. The Morgan fingerprint density at radius 1 is 1.42 bits per heavy atom. The monoisotopic (exact) mass is 261 g/mol. The van der Waals surface area contributed by atoms with Crippen LogP contribution >= 0.6 is 0 Å². The standard InChI is InChI=1S/C15H23N3O/c1-18(11-13-7-4-5-9-17-13)15(19)10-12-6-2-3-8-14(12)16/h4-5,7,9,12,14H,2-3,6,8,10-11,16H2,1H3. The SMILES string of the molecule is CN(Cc1ccccn1)C(=O)CC1CCCCC1N.